The van der Waals surface area contributed by atoms with Gasteiger partial charge in [-0.15, -0.1) is 0 Å². The van der Waals surface area contributed by atoms with Gasteiger partial charge >= 0.3 is 0 Å². The van der Waals surface area contributed by atoms with Crippen molar-refractivity contribution in [2.75, 3.05) is 13.2 Å². The highest BCUT2D eigenvalue weighted by atomic mass is 16.3. The van der Waals surface area contributed by atoms with Crippen LogP contribution in [0.15, 0.2) is 18.2 Å². The molecule has 18 heavy (non-hydrogen) atoms. The summed E-state index contributed by atoms with van der Waals surface area (Å²) >= 11 is 0. The standard InChI is InChI=1S/C14H23NO3/c1-10(9-16)4-3-5-15-11(2)12-6-13(17)8-14(18)7-12/h6-8,10-11,15-18H,3-5,9H2,1-2H3. The molecule has 0 saturated carbocycles. The maximum Gasteiger partial charge on any atom is 0.119 e. The third-order valence-electron chi connectivity index (χ3n) is 3.06. The van der Waals surface area contributed by atoms with E-state index in [0.717, 1.165) is 24.9 Å². The number of aliphatic hydroxyl groups is 1. The SMILES string of the molecule is CC(CO)CCCNC(C)c1cc(O)cc(O)c1. The summed E-state index contributed by atoms with van der Waals surface area (Å²) in [5.41, 5.74) is 0.864. The quantitative estimate of drug-likeness (QED) is 0.562. The van der Waals surface area contributed by atoms with Crippen molar-refractivity contribution >= 4 is 0 Å². The Balaban J connectivity index is 2.38. The Labute approximate surface area is 108 Å². The van der Waals surface area contributed by atoms with Crippen LogP contribution in [0.2, 0.25) is 0 Å². The third kappa shape index (κ3) is 4.94. The highest BCUT2D eigenvalue weighted by Gasteiger charge is 2.07. The van der Waals surface area contributed by atoms with E-state index in [-0.39, 0.29) is 24.1 Å². The minimum Gasteiger partial charge on any atom is -0.508 e. The molecule has 2 unspecified atom stereocenters. The van der Waals surface area contributed by atoms with E-state index in [4.69, 9.17) is 5.11 Å². The number of aliphatic hydroxyl groups excluding tert-OH is 1. The number of phenols is 2. The van der Waals surface area contributed by atoms with Crippen molar-refractivity contribution in [3.63, 3.8) is 0 Å². The minimum atomic E-state index is 0.0763. The van der Waals surface area contributed by atoms with Gasteiger partial charge in [0.15, 0.2) is 0 Å². The average molecular weight is 253 g/mol. The summed E-state index contributed by atoms with van der Waals surface area (Å²) in [6.07, 6.45) is 1.98. The van der Waals surface area contributed by atoms with Crippen LogP contribution < -0.4 is 5.32 Å². The topological polar surface area (TPSA) is 72.7 Å². The highest BCUT2D eigenvalue weighted by molar-refractivity contribution is 5.37. The van der Waals surface area contributed by atoms with Crippen LogP contribution in [0.4, 0.5) is 0 Å². The van der Waals surface area contributed by atoms with E-state index in [1.807, 2.05) is 13.8 Å². The molecule has 0 amide bonds. The highest BCUT2D eigenvalue weighted by Crippen LogP contribution is 2.24. The lowest BCUT2D eigenvalue weighted by Gasteiger charge is -2.15. The van der Waals surface area contributed by atoms with E-state index in [9.17, 15) is 10.2 Å². The predicted octanol–water partition coefficient (Wildman–Crippen LogP) is 2.16. The number of phenolic OH excluding ortho intramolecular Hbond substituents is 2. The fourth-order valence-corrected chi connectivity index (χ4v) is 1.85. The molecule has 0 bridgehead atoms. The van der Waals surface area contributed by atoms with E-state index in [1.54, 1.807) is 12.1 Å². The van der Waals surface area contributed by atoms with Crippen LogP contribution in [0.25, 0.3) is 0 Å². The molecule has 0 aliphatic carbocycles. The Morgan fingerprint density at radius 2 is 1.72 bits per heavy atom. The van der Waals surface area contributed by atoms with Gasteiger partial charge in [-0.05, 0) is 49.9 Å². The second kappa shape index (κ2) is 7.24. The molecule has 4 heteroatoms. The molecule has 1 aromatic carbocycles. The fourth-order valence-electron chi connectivity index (χ4n) is 1.85. The van der Waals surface area contributed by atoms with Crippen LogP contribution in [0.3, 0.4) is 0 Å². The van der Waals surface area contributed by atoms with Crippen LogP contribution in [-0.4, -0.2) is 28.5 Å². The van der Waals surface area contributed by atoms with Crippen molar-refractivity contribution in [1.82, 2.24) is 5.32 Å². The van der Waals surface area contributed by atoms with Crippen LogP contribution >= 0.6 is 0 Å². The second-order valence-electron chi connectivity index (χ2n) is 4.89. The van der Waals surface area contributed by atoms with Crippen molar-refractivity contribution in [2.24, 2.45) is 5.92 Å². The molecule has 4 nitrogen and oxygen atoms in total. The number of rotatable bonds is 7. The second-order valence-corrected chi connectivity index (χ2v) is 4.89. The Morgan fingerprint density at radius 1 is 1.11 bits per heavy atom. The first kappa shape index (κ1) is 14.8. The van der Waals surface area contributed by atoms with Gasteiger partial charge in [0.25, 0.3) is 0 Å². The van der Waals surface area contributed by atoms with Gasteiger partial charge in [-0.3, -0.25) is 0 Å². The van der Waals surface area contributed by atoms with Gasteiger partial charge in [-0.25, -0.2) is 0 Å². The molecule has 1 rings (SSSR count). The molecule has 1 aromatic rings. The van der Waals surface area contributed by atoms with E-state index in [2.05, 4.69) is 5.32 Å². The van der Waals surface area contributed by atoms with E-state index in [0.29, 0.717) is 5.92 Å². The van der Waals surface area contributed by atoms with Crippen LogP contribution in [0.1, 0.15) is 38.3 Å². The zero-order valence-electron chi connectivity index (χ0n) is 11.1. The number of benzene rings is 1. The van der Waals surface area contributed by atoms with Crippen LogP contribution in [0.5, 0.6) is 11.5 Å². The lowest BCUT2D eigenvalue weighted by Crippen LogP contribution is -2.20. The summed E-state index contributed by atoms with van der Waals surface area (Å²) in [7, 11) is 0. The molecular formula is C14H23NO3. The van der Waals surface area contributed by atoms with E-state index < -0.39 is 0 Å². The van der Waals surface area contributed by atoms with Crippen molar-refractivity contribution in [2.45, 2.75) is 32.7 Å². The summed E-state index contributed by atoms with van der Waals surface area (Å²) in [5.74, 6) is 0.493. The molecule has 4 N–H and O–H groups in total. The molecule has 2 atom stereocenters. The van der Waals surface area contributed by atoms with Gasteiger partial charge in [0, 0.05) is 18.7 Å². The molecule has 0 saturated heterocycles. The molecule has 0 aromatic heterocycles. The molecule has 0 aliphatic heterocycles. The monoisotopic (exact) mass is 253 g/mol. The Kier molecular flexibility index (Phi) is 5.95. The molecule has 0 spiro atoms. The van der Waals surface area contributed by atoms with Gasteiger partial charge < -0.3 is 20.6 Å². The van der Waals surface area contributed by atoms with E-state index in [1.165, 1.54) is 6.07 Å². The van der Waals surface area contributed by atoms with Gasteiger partial charge in [0.05, 0.1) is 0 Å². The van der Waals surface area contributed by atoms with Crippen molar-refractivity contribution in [1.29, 1.82) is 0 Å². The van der Waals surface area contributed by atoms with Crippen molar-refractivity contribution in [3.05, 3.63) is 23.8 Å². The van der Waals surface area contributed by atoms with E-state index >= 15 is 0 Å². The summed E-state index contributed by atoms with van der Waals surface area (Å²) in [5, 5.41) is 31.0. The first-order valence-corrected chi connectivity index (χ1v) is 6.40. The summed E-state index contributed by atoms with van der Waals surface area (Å²) < 4.78 is 0. The molecule has 0 aliphatic rings. The number of hydrogen-bond acceptors (Lipinski definition) is 4. The maximum absolute atomic E-state index is 9.40. The summed E-state index contributed by atoms with van der Waals surface area (Å²) in [6.45, 7) is 5.10. The molecule has 0 fully saturated rings. The number of aromatic hydroxyl groups is 2. The predicted molar refractivity (Wildman–Crippen MR) is 71.7 cm³/mol. The van der Waals surface area contributed by atoms with Crippen molar-refractivity contribution in [3.8, 4) is 11.5 Å². The zero-order chi connectivity index (χ0) is 13.5. The fraction of sp³-hybridized carbons (Fsp3) is 0.571. The largest absolute Gasteiger partial charge is 0.508 e. The Morgan fingerprint density at radius 3 is 2.28 bits per heavy atom. The first-order chi connectivity index (χ1) is 8.52. The number of nitrogens with one attached hydrogen (secondary N) is 1. The summed E-state index contributed by atoms with van der Waals surface area (Å²) in [4.78, 5) is 0. The van der Waals surface area contributed by atoms with Gasteiger partial charge in [0.1, 0.15) is 11.5 Å². The van der Waals surface area contributed by atoms with Gasteiger partial charge in [-0.2, -0.15) is 0 Å². The Hall–Kier alpha value is -1.26. The lowest BCUT2D eigenvalue weighted by atomic mass is 10.1. The molecule has 0 radical (unpaired) electrons. The maximum atomic E-state index is 9.40. The van der Waals surface area contributed by atoms with Gasteiger partial charge in [0.2, 0.25) is 0 Å². The molecule has 102 valence electrons. The van der Waals surface area contributed by atoms with Crippen LogP contribution in [0, 0.1) is 5.92 Å². The Bertz CT molecular complexity index is 348. The first-order valence-electron chi connectivity index (χ1n) is 6.40. The van der Waals surface area contributed by atoms with Crippen LogP contribution in [-0.2, 0) is 0 Å². The third-order valence-corrected chi connectivity index (χ3v) is 3.06. The molecular weight excluding hydrogens is 230 g/mol. The van der Waals surface area contributed by atoms with Crippen molar-refractivity contribution < 1.29 is 15.3 Å². The molecule has 0 heterocycles. The summed E-state index contributed by atoms with van der Waals surface area (Å²) in [6, 6.07) is 4.69. The smallest absolute Gasteiger partial charge is 0.119 e. The zero-order valence-corrected chi connectivity index (χ0v) is 11.1. The number of hydrogen-bond donors (Lipinski definition) is 4. The minimum absolute atomic E-state index is 0.0763. The van der Waals surface area contributed by atoms with Gasteiger partial charge in [-0.1, -0.05) is 6.92 Å². The normalized spacial score (nSPS) is 14.4. The lowest BCUT2D eigenvalue weighted by molar-refractivity contribution is 0.227. The average Bonchev–Trinajstić information content (AvgIpc) is 2.32.